The van der Waals surface area contributed by atoms with Crippen molar-refractivity contribution in [3.8, 4) is 0 Å². The summed E-state index contributed by atoms with van der Waals surface area (Å²) < 4.78 is 30.1. The van der Waals surface area contributed by atoms with E-state index in [4.69, 9.17) is 14.2 Å². The number of unbranched alkanes of at least 4 members (excludes halogenated alkanes) is 18. The van der Waals surface area contributed by atoms with Crippen LogP contribution in [0.5, 0.6) is 0 Å². The van der Waals surface area contributed by atoms with E-state index in [1.165, 1.54) is 39.6 Å². The highest BCUT2D eigenvalue weighted by atomic mass is 16.6. The van der Waals surface area contributed by atoms with E-state index in [9.17, 15) is 28.8 Å². The van der Waals surface area contributed by atoms with Crippen LogP contribution in [0.2, 0.25) is 0 Å². The van der Waals surface area contributed by atoms with Crippen LogP contribution in [0.4, 0.5) is 0 Å². The Balaban J connectivity index is 4.46. The number of esters is 6. The molecule has 0 aliphatic carbocycles. The molecule has 12 heteroatoms. The second-order valence-corrected chi connectivity index (χ2v) is 13.2. The molecule has 0 atom stereocenters. The van der Waals surface area contributed by atoms with Crippen LogP contribution in [0.1, 0.15) is 154 Å². The summed E-state index contributed by atoms with van der Waals surface area (Å²) in [5.41, 5.74) is 0. The normalized spacial score (nSPS) is 11.3. The van der Waals surface area contributed by atoms with E-state index in [1.54, 1.807) is 0 Å². The van der Waals surface area contributed by atoms with Crippen molar-refractivity contribution in [2.75, 3.05) is 34.5 Å². The molecule has 0 heterocycles. The van der Waals surface area contributed by atoms with Crippen molar-refractivity contribution in [3.63, 3.8) is 0 Å². The third-order valence-electron chi connectivity index (χ3n) is 8.53. The monoisotopic (exact) mass is 764 g/mol. The fourth-order valence-electron chi connectivity index (χ4n) is 5.34. The Morgan fingerprint density at radius 1 is 0.389 bits per heavy atom. The molecular weight excluding hydrogens is 696 g/mol. The molecule has 0 aliphatic rings. The minimum Gasteiger partial charge on any atom is -0.466 e. The van der Waals surface area contributed by atoms with Gasteiger partial charge in [0.05, 0.1) is 21.3 Å². The van der Waals surface area contributed by atoms with Crippen LogP contribution in [0.25, 0.3) is 0 Å². The van der Waals surface area contributed by atoms with Crippen molar-refractivity contribution >= 4 is 35.8 Å². The van der Waals surface area contributed by atoms with Gasteiger partial charge >= 0.3 is 35.8 Å². The van der Waals surface area contributed by atoms with Crippen LogP contribution in [0.15, 0.2) is 36.5 Å². The van der Waals surface area contributed by atoms with Crippen LogP contribution >= 0.6 is 0 Å². The lowest BCUT2D eigenvalue weighted by Gasteiger charge is -2.18. The van der Waals surface area contributed by atoms with Gasteiger partial charge in [-0.05, 0) is 57.8 Å². The van der Waals surface area contributed by atoms with Gasteiger partial charge in [-0.3, -0.25) is 14.4 Å². The first-order valence-corrected chi connectivity index (χ1v) is 20.0. The standard InChI is InChI=1S/C42H68O12/c1-49-37(43)28-22-16-10-4-7-13-19-25-31-40(46)52-34-36(54-42(48)33-27-21-15-9-6-12-18-24-30-39(45)51-3)35-53-41(47)32-26-20-14-8-5-11-17-23-29-38(44)50-2/h22-24,28-30,36H,4-21,25-27,31-35H2,1-3H3/b28-22+,29-23+,30-24+. The lowest BCUT2D eigenvalue weighted by molar-refractivity contribution is -0.167. The fourth-order valence-corrected chi connectivity index (χ4v) is 5.34. The van der Waals surface area contributed by atoms with Gasteiger partial charge in [0.1, 0.15) is 13.2 Å². The van der Waals surface area contributed by atoms with Gasteiger partial charge in [0.15, 0.2) is 6.10 Å². The van der Waals surface area contributed by atoms with E-state index in [-0.39, 0.29) is 62.3 Å². The van der Waals surface area contributed by atoms with E-state index in [0.29, 0.717) is 19.3 Å². The molecule has 12 nitrogen and oxygen atoms in total. The van der Waals surface area contributed by atoms with E-state index >= 15 is 0 Å². The number of ether oxygens (including phenoxy) is 6. The molecule has 0 aromatic rings. The highest BCUT2D eigenvalue weighted by Crippen LogP contribution is 2.13. The zero-order valence-electron chi connectivity index (χ0n) is 33.3. The number of allylic oxidation sites excluding steroid dienone is 3. The van der Waals surface area contributed by atoms with Crippen molar-refractivity contribution in [1.29, 1.82) is 0 Å². The molecule has 0 amide bonds. The molecule has 0 N–H and O–H groups in total. The number of hydrogen-bond acceptors (Lipinski definition) is 12. The lowest BCUT2D eigenvalue weighted by Crippen LogP contribution is -2.30. The number of hydrogen-bond donors (Lipinski definition) is 0. The summed E-state index contributed by atoms with van der Waals surface area (Å²) in [5, 5.41) is 0. The first kappa shape index (κ1) is 50.0. The average molecular weight is 765 g/mol. The van der Waals surface area contributed by atoms with Gasteiger partial charge in [0.25, 0.3) is 0 Å². The molecule has 308 valence electrons. The van der Waals surface area contributed by atoms with E-state index < -0.39 is 12.1 Å². The maximum atomic E-state index is 12.6. The molecule has 0 spiro atoms. The molecule has 0 aliphatic heterocycles. The molecule has 0 aromatic heterocycles. The molecule has 0 aromatic carbocycles. The van der Waals surface area contributed by atoms with Crippen LogP contribution < -0.4 is 0 Å². The van der Waals surface area contributed by atoms with E-state index in [0.717, 1.165) is 116 Å². The van der Waals surface area contributed by atoms with Gasteiger partial charge in [0.2, 0.25) is 0 Å². The fraction of sp³-hybridized carbons (Fsp3) is 0.714. The highest BCUT2D eigenvalue weighted by Gasteiger charge is 2.19. The van der Waals surface area contributed by atoms with Crippen molar-refractivity contribution in [2.45, 2.75) is 160 Å². The number of carbonyl (C=O) groups excluding carboxylic acids is 6. The zero-order valence-corrected chi connectivity index (χ0v) is 33.3. The molecule has 54 heavy (non-hydrogen) atoms. The van der Waals surface area contributed by atoms with Crippen LogP contribution in [-0.2, 0) is 57.2 Å². The summed E-state index contributed by atoms with van der Waals surface area (Å²) in [6, 6.07) is 0. The lowest BCUT2D eigenvalue weighted by atomic mass is 10.1. The summed E-state index contributed by atoms with van der Waals surface area (Å²) in [4.78, 5) is 70.7. The highest BCUT2D eigenvalue weighted by molar-refractivity contribution is 5.82. The van der Waals surface area contributed by atoms with Gasteiger partial charge < -0.3 is 28.4 Å². The molecule has 0 unspecified atom stereocenters. The Morgan fingerprint density at radius 3 is 0.981 bits per heavy atom. The Morgan fingerprint density at radius 2 is 0.667 bits per heavy atom. The van der Waals surface area contributed by atoms with Gasteiger partial charge in [-0.2, -0.15) is 0 Å². The molecule has 0 rings (SSSR count). The first-order valence-electron chi connectivity index (χ1n) is 20.0. The third-order valence-corrected chi connectivity index (χ3v) is 8.53. The largest absolute Gasteiger partial charge is 0.466 e. The second-order valence-electron chi connectivity index (χ2n) is 13.2. The van der Waals surface area contributed by atoms with Gasteiger partial charge in [-0.15, -0.1) is 0 Å². The predicted octanol–water partition coefficient (Wildman–Crippen LogP) is 8.53. The zero-order chi connectivity index (χ0) is 39.9. The maximum absolute atomic E-state index is 12.6. The minimum atomic E-state index is -0.870. The summed E-state index contributed by atoms with van der Waals surface area (Å²) >= 11 is 0. The van der Waals surface area contributed by atoms with Crippen LogP contribution in [0.3, 0.4) is 0 Å². The molecule has 0 bridgehead atoms. The number of carbonyl (C=O) groups is 6. The molecule has 0 fully saturated rings. The van der Waals surface area contributed by atoms with Gasteiger partial charge in [0, 0.05) is 37.5 Å². The Kier molecular flexibility index (Phi) is 34.6. The van der Waals surface area contributed by atoms with Crippen molar-refractivity contribution in [1.82, 2.24) is 0 Å². The topological polar surface area (TPSA) is 158 Å². The van der Waals surface area contributed by atoms with E-state index in [1.807, 2.05) is 18.2 Å². The molecule has 0 radical (unpaired) electrons. The third kappa shape index (κ3) is 35.1. The van der Waals surface area contributed by atoms with Crippen LogP contribution in [-0.4, -0.2) is 76.5 Å². The van der Waals surface area contributed by atoms with Crippen molar-refractivity contribution < 1.29 is 57.2 Å². The van der Waals surface area contributed by atoms with Gasteiger partial charge in [-0.1, -0.05) is 95.3 Å². The van der Waals surface area contributed by atoms with Crippen LogP contribution in [0, 0.1) is 0 Å². The molecular formula is C42H68O12. The first-order chi connectivity index (χ1) is 26.2. The Labute approximate surface area is 323 Å². The number of methoxy groups -OCH3 is 3. The molecule has 0 saturated carbocycles. The Bertz CT molecular complexity index is 1050. The van der Waals surface area contributed by atoms with Gasteiger partial charge in [-0.25, -0.2) is 14.4 Å². The summed E-state index contributed by atoms with van der Waals surface area (Å²) in [5.74, 6) is -2.22. The smallest absolute Gasteiger partial charge is 0.330 e. The summed E-state index contributed by atoms with van der Waals surface area (Å²) in [6.45, 7) is -0.341. The van der Waals surface area contributed by atoms with E-state index in [2.05, 4.69) is 14.2 Å². The molecule has 0 saturated heterocycles. The average Bonchev–Trinajstić information content (AvgIpc) is 3.17. The SMILES string of the molecule is COC(=O)/C=C/CCCCCCCCC(=O)OCC(COC(=O)CCCCCCCC/C=C/C(=O)OC)OC(=O)CCCCCCCC/C=C/C(=O)OC. The number of rotatable bonds is 35. The van der Waals surface area contributed by atoms with Crippen molar-refractivity contribution in [3.05, 3.63) is 36.5 Å². The summed E-state index contributed by atoms with van der Waals surface area (Å²) in [6.07, 6.45) is 28.9. The summed E-state index contributed by atoms with van der Waals surface area (Å²) in [7, 11) is 4.06. The van der Waals surface area contributed by atoms with Crippen molar-refractivity contribution in [2.24, 2.45) is 0 Å². The second kappa shape index (κ2) is 37.4. The minimum absolute atomic E-state index is 0.170. The predicted molar refractivity (Wildman–Crippen MR) is 206 cm³/mol. The maximum Gasteiger partial charge on any atom is 0.330 e. The Hall–Kier alpha value is -3.96. The quantitative estimate of drug-likeness (QED) is 0.0263.